The summed E-state index contributed by atoms with van der Waals surface area (Å²) in [6, 6.07) is 15.4. The average Bonchev–Trinajstić information content (AvgIpc) is 3.30. The Morgan fingerprint density at radius 1 is 1.15 bits per heavy atom. The van der Waals surface area contributed by atoms with Crippen LogP contribution in [-0.4, -0.2) is 48.8 Å². The molecule has 7 heteroatoms. The summed E-state index contributed by atoms with van der Waals surface area (Å²) >= 11 is 3.62. The van der Waals surface area contributed by atoms with Crippen LogP contribution in [0.5, 0.6) is 5.75 Å². The Morgan fingerprint density at radius 3 is 2.65 bits per heavy atom. The first-order chi connectivity index (χ1) is 16.6. The van der Waals surface area contributed by atoms with Crippen LogP contribution in [0.4, 0.5) is 0 Å². The summed E-state index contributed by atoms with van der Waals surface area (Å²) in [7, 11) is 0. The van der Waals surface area contributed by atoms with Crippen LogP contribution in [0.2, 0.25) is 0 Å². The molecule has 0 unspecified atom stereocenters. The van der Waals surface area contributed by atoms with Gasteiger partial charge in [0.25, 0.3) is 5.91 Å². The predicted molar refractivity (Wildman–Crippen MR) is 136 cm³/mol. The Balaban J connectivity index is 1.53. The van der Waals surface area contributed by atoms with Crippen molar-refractivity contribution in [3.05, 3.63) is 64.1 Å². The molecule has 2 aromatic rings. The molecule has 4 rings (SSSR count). The topological polar surface area (TPSA) is 80.2 Å². The molecule has 1 amide bonds. The van der Waals surface area contributed by atoms with E-state index in [0.717, 1.165) is 21.3 Å². The van der Waals surface area contributed by atoms with Crippen LogP contribution in [0, 0.1) is 5.92 Å². The number of benzene rings is 2. The Morgan fingerprint density at radius 2 is 1.91 bits per heavy atom. The van der Waals surface area contributed by atoms with E-state index in [1.165, 1.54) is 32.1 Å². The van der Waals surface area contributed by atoms with Gasteiger partial charge in [0.05, 0.1) is 6.61 Å². The van der Waals surface area contributed by atoms with Gasteiger partial charge in [-0.2, -0.15) is 0 Å². The fraction of sp³-hybridized carbons (Fsp3) is 0.481. The van der Waals surface area contributed by atoms with Crippen LogP contribution in [0.1, 0.15) is 49.7 Å². The zero-order valence-electron chi connectivity index (χ0n) is 19.5. The van der Waals surface area contributed by atoms with Gasteiger partial charge in [-0.15, -0.1) is 0 Å². The molecule has 0 spiro atoms. The summed E-state index contributed by atoms with van der Waals surface area (Å²) in [6.07, 6.45) is 7.18. The third kappa shape index (κ3) is 6.19. The van der Waals surface area contributed by atoms with Gasteiger partial charge in [-0.25, -0.2) is 4.99 Å². The number of amides is 1. The van der Waals surface area contributed by atoms with Gasteiger partial charge in [0, 0.05) is 36.0 Å². The summed E-state index contributed by atoms with van der Waals surface area (Å²) in [6.45, 7) is 1.46. The highest BCUT2D eigenvalue weighted by molar-refractivity contribution is 9.10. The predicted octanol–water partition coefficient (Wildman–Crippen LogP) is 4.67. The second-order valence-electron chi connectivity index (χ2n) is 9.17. The standard InChI is InChI=1S/C27H33BrN2O4/c28-24-10-5-4-9-22(24)17-27(26(32)29-18-20-7-2-1-3-8-20)19-34-25(30-27)21-11-13-23(14-12-21)33-16-6-15-31/h4-5,9-14,20,31H,1-3,6-8,15-19H2,(H,29,32)/t27-/m1/s1. The van der Waals surface area contributed by atoms with Crippen molar-refractivity contribution in [2.45, 2.75) is 50.5 Å². The molecule has 1 heterocycles. The molecule has 1 atom stereocenters. The van der Waals surface area contributed by atoms with Gasteiger partial charge in [-0.1, -0.05) is 53.4 Å². The van der Waals surface area contributed by atoms with Crippen molar-refractivity contribution in [1.82, 2.24) is 5.32 Å². The van der Waals surface area contributed by atoms with E-state index >= 15 is 0 Å². The van der Waals surface area contributed by atoms with Crippen LogP contribution in [0.3, 0.4) is 0 Å². The lowest BCUT2D eigenvalue weighted by Gasteiger charge is -2.27. The largest absolute Gasteiger partial charge is 0.494 e. The second kappa shape index (κ2) is 11.8. The van der Waals surface area contributed by atoms with Crippen molar-refractivity contribution in [2.24, 2.45) is 10.9 Å². The first-order valence-electron chi connectivity index (χ1n) is 12.2. The number of halogens is 1. The normalized spacial score (nSPS) is 20.5. The minimum atomic E-state index is -1.01. The number of nitrogens with one attached hydrogen (secondary N) is 1. The molecule has 1 saturated carbocycles. The number of rotatable bonds is 10. The fourth-order valence-electron chi connectivity index (χ4n) is 4.58. The highest BCUT2D eigenvalue weighted by Crippen LogP contribution is 2.31. The zero-order valence-corrected chi connectivity index (χ0v) is 21.1. The minimum Gasteiger partial charge on any atom is -0.494 e. The number of hydrogen-bond acceptors (Lipinski definition) is 5. The van der Waals surface area contributed by atoms with Crippen LogP contribution in [0.15, 0.2) is 58.0 Å². The number of carbonyl (C=O) groups excluding carboxylic acids is 1. The van der Waals surface area contributed by atoms with Crippen LogP contribution >= 0.6 is 15.9 Å². The summed E-state index contributed by atoms with van der Waals surface area (Å²) < 4.78 is 12.6. The number of aliphatic hydroxyl groups is 1. The highest BCUT2D eigenvalue weighted by atomic mass is 79.9. The van der Waals surface area contributed by atoms with E-state index in [4.69, 9.17) is 19.6 Å². The zero-order chi connectivity index (χ0) is 23.8. The van der Waals surface area contributed by atoms with E-state index in [9.17, 15) is 4.79 Å². The van der Waals surface area contributed by atoms with Gasteiger partial charge in [0.2, 0.25) is 5.90 Å². The molecule has 1 fully saturated rings. The fourth-order valence-corrected chi connectivity index (χ4v) is 5.00. The number of nitrogens with zero attached hydrogens (tertiary/aromatic N) is 1. The summed E-state index contributed by atoms with van der Waals surface area (Å²) in [5.74, 6) is 1.66. The second-order valence-corrected chi connectivity index (χ2v) is 10.0. The Bertz CT molecular complexity index is 988. The molecule has 0 bridgehead atoms. The van der Waals surface area contributed by atoms with Gasteiger partial charge < -0.3 is 19.9 Å². The lowest BCUT2D eigenvalue weighted by Crippen LogP contribution is -2.49. The van der Waals surface area contributed by atoms with E-state index in [0.29, 0.717) is 37.8 Å². The lowest BCUT2D eigenvalue weighted by atomic mass is 9.88. The number of hydrogen-bond donors (Lipinski definition) is 2. The SMILES string of the molecule is O=C(NCC1CCCCC1)[C@@]1(Cc2ccccc2Br)COC(c2ccc(OCCCO)cc2)=N1. The third-order valence-electron chi connectivity index (χ3n) is 6.58. The van der Waals surface area contributed by atoms with E-state index in [2.05, 4.69) is 21.2 Å². The van der Waals surface area contributed by atoms with Crippen LogP contribution < -0.4 is 10.1 Å². The number of carbonyl (C=O) groups is 1. The maximum Gasteiger partial charge on any atom is 0.251 e. The summed E-state index contributed by atoms with van der Waals surface area (Å²) in [5.41, 5.74) is 0.824. The van der Waals surface area contributed by atoms with Crippen LogP contribution in [0.25, 0.3) is 0 Å². The molecule has 6 nitrogen and oxygen atoms in total. The molecule has 2 N–H and O–H groups in total. The molecule has 0 radical (unpaired) electrons. The Kier molecular flexibility index (Phi) is 8.62. The molecular weight excluding hydrogens is 496 g/mol. The quantitative estimate of drug-likeness (QED) is 0.439. The molecule has 0 aromatic heterocycles. The van der Waals surface area contributed by atoms with Gasteiger partial charge >= 0.3 is 0 Å². The first kappa shape index (κ1) is 24.7. The number of aliphatic hydroxyl groups excluding tert-OH is 1. The maximum atomic E-state index is 13.5. The van der Waals surface area contributed by atoms with Crippen molar-refractivity contribution in [2.75, 3.05) is 26.4 Å². The molecule has 2 aromatic carbocycles. The third-order valence-corrected chi connectivity index (χ3v) is 7.35. The molecule has 2 aliphatic rings. The van der Waals surface area contributed by atoms with E-state index in [1.54, 1.807) is 0 Å². The monoisotopic (exact) mass is 528 g/mol. The average molecular weight is 529 g/mol. The summed E-state index contributed by atoms with van der Waals surface area (Å²) in [4.78, 5) is 18.4. The molecule has 1 aliphatic heterocycles. The molecule has 34 heavy (non-hydrogen) atoms. The number of aliphatic imine (C=N–C) groups is 1. The maximum absolute atomic E-state index is 13.5. The lowest BCUT2D eigenvalue weighted by molar-refractivity contribution is -0.126. The van der Waals surface area contributed by atoms with Gasteiger partial charge in [-0.05, 0) is 54.7 Å². The van der Waals surface area contributed by atoms with Crippen molar-refractivity contribution >= 4 is 27.7 Å². The van der Waals surface area contributed by atoms with Crippen molar-refractivity contribution in [1.29, 1.82) is 0 Å². The molecule has 0 saturated heterocycles. The Labute approximate surface area is 209 Å². The van der Waals surface area contributed by atoms with E-state index in [1.807, 2.05) is 48.5 Å². The first-order valence-corrected chi connectivity index (χ1v) is 13.0. The molecule has 182 valence electrons. The smallest absolute Gasteiger partial charge is 0.251 e. The Hall–Kier alpha value is -2.38. The van der Waals surface area contributed by atoms with Crippen molar-refractivity contribution < 1.29 is 19.4 Å². The highest BCUT2D eigenvalue weighted by Gasteiger charge is 2.45. The van der Waals surface area contributed by atoms with Gasteiger partial charge in [0.15, 0.2) is 5.54 Å². The number of ether oxygens (including phenoxy) is 2. The van der Waals surface area contributed by atoms with E-state index in [-0.39, 0.29) is 19.1 Å². The molecule has 1 aliphatic carbocycles. The van der Waals surface area contributed by atoms with Crippen LogP contribution in [-0.2, 0) is 16.0 Å². The minimum absolute atomic E-state index is 0.0761. The van der Waals surface area contributed by atoms with Crippen molar-refractivity contribution in [3.8, 4) is 5.75 Å². The van der Waals surface area contributed by atoms with Crippen molar-refractivity contribution in [3.63, 3.8) is 0 Å². The van der Waals surface area contributed by atoms with Gasteiger partial charge in [0.1, 0.15) is 12.4 Å². The van der Waals surface area contributed by atoms with Gasteiger partial charge in [-0.3, -0.25) is 4.79 Å². The van der Waals surface area contributed by atoms with E-state index < -0.39 is 5.54 Å². The summed E-state index contributed by atoms with van der Waals surface area (Å²) in [5, 5.41) is 12.1. The molecular formula is C27H33BrN2O4.